The van der Waals surface area contributed by atoms with Crippen molar-refractivity contribution in [1.29, 1.82) is 0 Å². The van der Waals surface area contributed by atoms with Gasteiger partial charge >= 0.3 is 0 Å². The molecule has 4 heterocycles. The molecular weight excluding hydrogens is 496 g/mol. The van der Waals surface area contributed by atoms with E-state index in [9.17, 15) is 4.79 Å². The van der Waals surface area contributed by atoms with E-state index in [1.807, 2.05) is 12.3 Å². The maximum Gasteiger partial charge on any atom is 0.274 e. The van der Waals surface area contributed by atoms with Gasteiger partial charge < -0.3 is 10.1 Å². The van der Waals surface area contributed by atoms with Crippen LogP contribution in [0.25, 0.3) is 5.82 Å². The highest BCUT2D eigenvalue weighted by Gasteiger charge is 2.37. The molecule has 1 saturated carbocycles. The molecule has 166 valence electrons. The molecule has 0 bridgehead atoms. The van der Waals surface area contributed by atoms with Gasteiger partial charge in [0, 0.05) is 35.5 Å². The lowest BCUT2D eigenvalue weighted by atomic mass is 10.2. The minimum atomic E-state index is -0.354. The zero-order valence-electron chi connectivity index (χ0n) is 17.6. The van der Waals surface area contributed by atoms with E-state index >= 15 is 0 Å². The molecule has 32 heavy (non-hydrogen) atoms. The molecule has 1 aliphatic carbocycles. The Morgan fingerprint density at radius 2 is 2.22 bits per heavy atom. The first kappa shape index (κ1) is 21.2. The minimum absolute atomic E-state index is 0.259. The van der Waals surface area contributed by atoms with Gasteiger partial charge in [-0.2, -0.15) is 0 Å². The molecule has 1 fully saturated rings. The summed E-state index contributed by atoms with van der Waals surface area (Å²) in [6, 6.07) is 5.42. The molecule has 0 radical (unpaired) electrons. The van der Waals surface area contributed by atoms with E-state index in [1.54, 1.807) is 24.4 Å². The van der Waals surface area contributed by atoms with Crippen LogP contribution in [0.15, 0.2) is 58.6 Å². The fraction of sp³-hybridized carbons (Fsp3) is 0.318. The van der Waals surface area contributed by atoms with Gasteiger partial charge in [-0.25, -0.2) is 14.7 Å². The van der Waals surface area contributed by atoms with Gasteiger partial charge in [0.25, 0.3) is 5.91 Å². The van der Waals surface area contributed by atoms with Crippen LogP contribution in [0.5, 0.6) is 5.88 Å². The van der Waals surface area contributed by atoms with E-state index in [0.717, 1.165) is 22.6 Å². The molecule has 1 unspecified atom stereocenters. The zero-order valence-corrected chi connectivity index (χ0v) is 20.0. The topological polar surface area (TPSA) is 75.5 Å². The van der Waals surface area contributed by atoms with Crippen LogP contribution < -0.4 is 10.1 Å². The summed E-state index contributed by atoms with van der Waals surface area (Å²) in [5.41, 5.74) is 2.00. The number of nitrogens with one attached hydrogen (secondary N) is 1. The van der Waals surface area contributed by atoms with Crippen LogP contribution >= 0.6 is 27.5 Å². The van der Waals surface area contributed by atoms with Crippen molar-refractivity contribution in [2.24, 2.45) is 5.92 Å². The molecule has 5 rings (SSSR count). The molecule has 3 aliphatic rings. The van der Waals surface area contributed by atoms with Crippen LogP contribution in [0.3, 0.4) is 0 Å². The summed E-state index contributed by atoms with van der Waals surface area (Å²) in [7, 11) is 1.49. The second kappa shape index (κ2) is 8.38. The van der Waals surface area contributed by atoms with Gasteiger partial charge in [0.2, 0.25) is 5.88 Å². The number of rotatable bonds is 6. The van der Waals surface area contributed by atoms with E-state index in [0.29, 0.717) is 28.5 Å². The van der Waals surface area contributed by atoms with Crippen molar-refractivity contribution < 1.29 is 9.53 Å². The Hall–Kier alpha value is -2.62. The molecule has 2 aromatic heterocycles. The first-order valence-corrected chi connectivity index (χ1v) is 11.5. The number of aromatic nitrogens is 3. The maximum atomic E-state index is 13.3. The summed E-state index contributed by atoms with van der Waals surface area (Å²) in [6.07, 6.45) is 10.3. The summed E-state index contributed by atoms with van der Waals surface area (Å²) in [4.78, 5) is 17.6. The van der Waals surface area contributed by atoms with Crippen LogP contribution in [-0.2, 0) is 0 Å². The predicted molar refractivity (Wildman–Crippen MR) is 124 cm³/mol. The number of allylic oxidation sites excluding steroid dienone is 2. The van der Waals surface area contributed by atoms with Crippen molar-refractivity contribution in [1.82, 2.24) is 30.1 Å². The van der Waals surface area contributed by atoms with Crippen LogP contribution in [0, 0.1) is 5.92 Å². The summed E-state index contributed by atoms with van der Waals surface area (Å²) in [6.45, 7) is 3.11. The molecular formula is C22H22BrClN6O2. The highest BCUT2D eigenvalue weighted by Crippen LogP contribution is 2.39. The summed E-state index contributed by atoms with van der Waals surface area (Å²) in [5.74, 6) is 1.02. The van der Waals surface area contributed by atoms with Crippen LogP contribution in [0.1, 0.15) is 30.3 Å². The molecule has 0 saturated heterocycles. The molecule has 0 spiro atoms. The summed E-state index contributed by atoms with van der Waals surface area (Å²) >= 11 is 9.89. The fourth-order valence-corrected chi connectivity index (χ4v) is 4.60. The number of amides is 1. The van der Waals surface area contributed by atoms with Crippen molar-refractivity contribution in [3.05, 3.63) is 69.3 Å². The normalized spacial score (nSPS) is 19.1. The number of ether oxygens (including phenoxy) is 1. The maximum absolute atomic E-state index is 13.3. The predicted octanol–water partition coefficient (Wildman–Crippen LogP) is 4.01. The first-order chi connectivity index (χ1) is 15.5. The third-order valence-corrected chi connectivity index (χ3v) is 6.85. The molecule has 1 amide bonds. The van der Waals surface area contributed by atoms with Crippen molar-refractivity contribution in [2.45, 2.75) is 25.8 Å². The quantitative estimate of drug-likeness (QED) is 0.624. The van der Waals surface area contributed by atoms with Crippen molar-refractivity contribution in [3.63, 3.8) is 0 Å². The largest absolute Gasteiger partial charge is 0.480 e. The second-order valence-corrected chi connectivity index (χ2v) is 9.22. The molecule has 1 N–H and O–H groups in total. The van der Waals surface area contributed by atoms with Crippen LogP contribution in [-0.4, -0.2) is 50.4 Å². The van der Waals surface area contributed by atoms with Gasteiger partial charge in [0.05, 0.1) is 23.5 Å². The zero-order chi connectivity index (χ0) is 22.4. The lowest BCUT2D eigenvalue weighted by Gasteiger charge is -2.36. The number of fused-ring (bicyclic) bond motifs is 1. The van der Waals surface area contributed by atoms with E-state index in [1.165, 1.54) is 24.6 Å². The summed E-state index contributed by atoms with van der Waals surface area (Å²) < 4.78 is 7.43. The lowest BCUT2D eigenvalue weighted by molar-refractivity contribution is 0.0378. The first-order valence-electron chi connectivity index (χ1n) is 10.4. The fourth-order valence-electron chi connectivity index (χ4n) is 3.96. The molecule has 1 atom stereocenters. The monoisotopic (exact) mass is 516 g/mol. The van der Waals surface area contributed by atoms with Gasteiger partial charge in [-0.15, -0.1) is 5.10 Å². The van der Waals surface area contributed by atoms with E-state index in [-0.39, 0.29) is 11.6 Å². The number of hydrazine groups is 1. The van der Waals surface area contributed by atoms with Gasteiger partial charge in [0.15, 0.2) is 5.82 Å². The molecule has 2 aromatic rings. The number of pyridine rings is 1. The smallest absolute Gasteiger partial charge is 0.274 e. The Kier molecular flexibility index (Phi) is 5.56. The van der Waals surface area contributed by atoms with E-state index < -0.39 is 0 Å². The number of nitrogens with zero attached hydrogens (tertiary/aromatic N) is 5. The van der Waals surface area contributed by atoms with Crippen molar-refractivity contribution >= 4 is 33.4 Å². The Morgan fingerprint density at radius 3 is 2.94 bits per heavy atom. The number of hydrogen-bond acceptors (Lipinski definition) is 6. The van der Waals surface area contributed by atoms with Crippen LogP contribution in [0.4, 0.5) is 0 Å². The van der Waals surface area contributed by atoms with Gasteiger partial charge in [-0.3, -0.25) is 9.80 Å². The summed E-state index contributed by atoms with van der Waals surface area (Å²) in [5, 5.41) is 12.1. The number of carbonyl (C=O) groups is 1. The third kappa shape index (κ3) is 3.85. The highest BCUT2D eigenvalue weighted by atomic mass is 79.9. The van der Waals surface area contributed by atoms with Crippen molar-refractivity contribution in [3.8, 4) is 11.7 Å². The van der Waals surface area contributed by atoms with Gasteiger partial charge in [-0.1, -0.05) is 11.6 Å². The minimum Gasteiger partial charge on any atom is -0.480 e. The number of hydrogen-bond donors (Lipinski definition) is 1. The third-order valence-electron chi connectivity index (χ3n) is 5.90. The number of methoxy groups -OCH3 is 1. The SMILES string of the molecule is COc1cc(C(=O)NC2=CN3C(=CCN3C(C)C3CC3)C=C2Br)n(-c2ncccc2Cl)n1. The molecule has 10 heteroatoms. The van der Waals surface area contributed by atoms with E-state index in [4.69, 9.17) is 16.3 Å². The van der Waals surface area contributed by atoms with Gasteiger partial charge in [-0.05, 0) is 65.9 Å². The molecule has 0 aromatic carbocycles. The Morgan fingerprint density at radius 1 is 1.41 bits per heavy atom. The Balaban J connectivity index is 1.43. The average molecular weight is 518 g/mol. The van der Waals surface area contributed by atoms with Crippen molar-refractivity contribution in [2.75, 3.05) is 13.7 Å². The number of carbonyl (C=O) groups excluding carboxylic acids is 1. The van der Waals surface area contributed by atoms with E-state index in [2.05, 4.69) is 54.3 Å². The molecule has 2 aliphatic heterocycles. The standard InChI is InChI=1S/C22H22BrClN6O2/c1-13(14-5-6-14)28-9-7-15-10-16(23)18(12-29(15)28)26-22(31)19-11-20(32-2)27-30(19)21-17(24)4-3-8-25-21/h3-4,7-8,10-14H,5-6,9H2,1-2H3,(H,26,31). The molecule has 8 nitrogen and oxygen atoms in total. The Bertz CT molecular complexity index is 1170. The van der Waals surface area contributed by atoms with Crippen LogP contribution in [0.2, 0.25) is 5.02 Å². The second-order valence-electron chi connectivity index (χ2n) is 7.96. The van der Waals surface area contributed by atoms with Gasteiger partial charge in [0.1, 0.15) is 5.69 Å². The Labute approximate surface area is 199 Å². The average Bonchev–Trinajstić information content (AvgIpc) is 3.42. The highest BCUT2D eigenvalue weighted by molar-refractivity contribution is 9.12. The lowest BCUT2D eigenvalue weighted by Crippen LogP contribution is -2.43. The number of halogens is 2.